The quantitative estimate of drug-likeness (QED) is 0.572. The normalized spacial score (nSPS) is 13.0. The molecule has 0 saturated heterocycles. The highest BCUT2D eigenvalue weighted by atomic mass is 32.2. The smallest absolute Gasteiger partial charge is 0.159 e. The fraction of sp³-hybridized carbons (Fsp3) is 0.250. The van der Waals surface area contributed by atoms with Crippen molar-refractivity contribution in [1.29, 1.82) is 0 Å². The zero-order chi connectivity index (χ0) is 9.14. The predicted octanol–water partition coefficient (Wildman–Crippen LogP) is 3.26. The van der Waals surface area contributed by atoms with Crippen molar-refractivity contribution in [3.63, 3.8) is 0 Å². The van der Waals surface area contributed by atoms with E-state index in [-0.39, 0.29) is 4.58 Å². The van der Waals surface area contributed by atoms with E-state index in [1.807, 2.05) is 6.26 Å². The Bertz CT molecular complexity index is 276. The van der Waals surface area contributed by atoms with Crippen LogP contribution in [-0.4, -0.2) is 6.26 Å². The lowest BCUT2D eigenvalue weighted by Crippen LogP contribution is -1.89. The summed E-state index contributed by atoms with van der Waals surface area (Å²) in [6.07, 6.45) is 1.86. The maximum Gasteiger partial charge on any atom is 0.159 e. The van der Waals surface area contributed by atoms with Crippen LogP contribution in [0.3, 0.4) is 0 Å². The highest BCUT2D eigenvalue weighted by Crippen LogP contribution is 2.30. The molecule has 4 heteroatoms. The molecule has 0 spiro atoms. The molecule has 0 saturated carbocycles. The molecule has 0 aliphatic heterocycles. The molecule has 1 aromatic rings. The van der Waals surface area contributed by atoms with Gasteiger partial charge >= 0.3 is 0 Å². The molecule has 1 rings (SSSR count). The van der Waals surface area contributed by atoms with Gasteiger partial charge in [-0.25, -0.2) is 8.78 Å². The van der Waals surface area contributed by atoms with E-state index < -0.39 is 11.6 Å². The molecule has 0 aliphatic rings. The Morgan fingerprint density at radius 1 is 1.33 bits per heavy atom. The topological polar surface area (TPSA) is 0 Å². The van der Waals surface area contributed by atoms with Crippen LogP contribution in [0.4, 0.5) is 8.78 Å². The average molecular weight is 206 g/mol. The molecule has 1 unspecified atom stereocenters. The molecule has 1 atom stereocenters. The summed E-state index contributed by atoms with van der Waals surface area (Å²) in [6, 6.07) is 3.82. The Labute approximate surface area is 79.8 Å². The fourth-order valence-corrected chi connectivity index (χ4v) is 1.38. The van der Waals surface area contributed by atoms with Crippen molar-refractivity contribution in [2.45, 2.75) is 4.58 Å². The lowest BCUT2D eigenvalue weighted by Gasteiger charge is -2.07. The summed E-state index contributed by atoms with van der Waals surface area (Å²) in [4.78, 5) is 0. The van der Waals surface area contributed by atoms with Crippen molar-refractivity contribution in [2.24, 2.45) is 0 Å². The van der Waals surface area contributed by atoms with E-state index in [1.165, 1.54) is 23.9 Å². The molecule has 0 aliphatic carbocycles. The minimum atomic E-state index is -0.819. The molecule has 66 valence electrons. The van der Waals surface area contributed by atoms with Gasteiger partial charge in [-0.3, -0.25) is 0 Å². The van der Waals surface area contributed by atoms with Crippen LogP contribution in [0.1, 0.15) is 10.1 Å². The summed E-state index contributed by atoms with van der Waals surface area (Å²) >= 11 is 5.64. The van der Waals surface area contributed by atoms with Crippen LogP contribution in [0, 0.1) is 11.6 Å². The number of thiol groups is 1. The SMILES string of the molecule is CSC(S)c1ccc(F)c(F)c1. The molecule has 1 aromatic carbocycles. The number of thioether (sulfide) groups is 1. The van der Waals surface area contributed by atoms with Crippen LogP contribution >= 0.6 is 24.4 Å². The predicted molar refractivity (Wildman–Crippen MR) is 51.6 cm³/mol. The minimum Gasteiger partial charge on any atom is -0.204 e. The summed E-state index contributed by atoms with van der Waals surface area (Å²) in [5, 5.41) is 0. The Kier molecular flexibility index (Phi) is 3.40. The van der Waals surface area contributed by atoms with Crippen molar-refractivity contribution in [3.05, 3.63) is 35.4 Å². The van der Waals surface area contributed by atoms with Gasteiger partial charge in [0.25, 0.3) is 0 Å². The van der Waals surface area contributed by atoms with E-state index in [2.05, 4.69) is 12.6 Å². The Morgan fingerprint density at radius 2 is 2.00 bits per heavy atom. The molecule has 0 amide bonds. The van der Waals surface area contributed by atoms with Crippen molar-refractivity contribution < 1.29 is 8.78 Å². The maximum absolute atomic E-state index is 12.7. The third-order valence-electron chi connectivity index (χ3n) is 1.45. The lowest BCUT2D eigenvalue weighted by atomic mass is 10.2. The first-order chi connectivity index (χ1) is 5.65. The second-order valence-corrected chi connectivity index (χ2v) is 4.07. The van der Waals surface area contributed by atoms with Gasteiger partial charge in [-0.1, -0.05) is 6.07 Å². The zero-order valence-electron chi connectivity index (χ0n) is 6.42. The molecule has 0 bridgehead atoms. The molecule has 0 aromatic heterocycles. The summed E-state index contributed by atoms with van der Waals surface area (Å²) < 4.78 is 25.0. The van der Waals surface area contributed by atoms with E-state index in [4.69, 9.17) is 0 Å². The van der Waals surface area contributed by atoms with Gasteiger partial charge in [0.2, 0.25) is 0 Å². The number of hydrogen-bond acceptors (Lipinski definition) is 2. The van der Waals surface area contributed by atoms with Crippen LogP contribution in [-0.2, 0) is 0 Å². The average Bonchev–Trinajstić information content (AvgIpc) is 2.08. The molecular formula is C8H8F2S2. The van der Waals surface area contributed by atoms with Crippen molar-refractivity contribution in [1.82, 2.24) is 0 Å². The van der Waals surface area contributed by atoms with Crippen LogP contribution in [0.5, 0.6) is 0 Å². The highest BCUT2D eigenvalue weighted by Gasteiger charge is 2.07. The Balaban J connectivity index is 2.96. The number of halogens is 2. The minimum absolute atomic E-state index is 0.0971. The summed E-state index contributed by atoms with van der Waals surface area (Å²) in [7, 11) is 0. The zero-order valence-corrected chi connectivity index (χ0v) is 8.13. The monoisotopic (exact) mass is 206 g/mol. The summed E-state index contributed by atoms with van der Waals surface area (Å²) in [5.74, 6) is -1.64. The maximum atomic E-state index is 12.7. The number of benzene rings is 1. The largest absolute Gasteiger partial charge is 0.204 e. The van der Waals surface area contributed by atoms with Gasteiger partial charge in [0, 0.05) is 0 Å². The van der Waals surface area contributed by atoms with Crippen LogP contribution < -0.4 is 0 Å². The third kappa shape index (κ3) is 2.14. The lowest BCUT2D eigenvalue weighted by molar-refractivity contribution is 0.507. The van der Waals surface area contributed by atoms with E-state index in [9.17, 15) is 8.78 Å². The third-order valence-corrected chi connectivity index (χ3v) is 3.10. The van der Waals surface area contributed by atoms with Crippen molar-refractivity contribution >= 4 is 24.4 Å². The molecule has 12 heavy (non-hydrogen) atoms. The molecule has 0 fully saturated rings. The summed E-state index contributed by atoms with van der Waals surface area (Å²) in [5.41, 5.74) is 0.685. The van der Waals surface area contributed by atoms with Gasteiger partial charge < -0.3 is 0 Å². The van der Waals surface area contributed by atoms with Gasteiger partial charge in [0.05, 0.1) is 4.58 Å². The van der Waals surface area contributed by atoms with E-state index in [0.29, 0.717) is 5.56 Å². The van der Waals surface area contributed by atoms with Gasteiger partial charge in [-0.2, -0.15) is 12.6 Å². The standard InChI is InChI=1S/C8H8F2S2/c1-12-8(11)5-2-3-6(9)7(10)4-5/h2-4,8,11H,1H3. The van der Waals surface area contributed by atoms with Crippen molar-refractivity contribution in [3.8, 4) is 0 Å². The van der Waals surface area contributed by atoms with Gasteiger partial charge in [-0.05, 0) is 24.0 Å². The van der Waals surface area contributed by atoms with E-state index in [1.54, 1.807) is 0 Å². The second-order valence-electron chi connectivity index (χ2n) is 2.26. The van der Waals surface area contributed by atoms with E-state index >= 15 is 0 Å². The first-order valence-electron chi connectivity index (χ1n) is 3.31. The van der Waals surface area contributed by atoms with Gasteiger partial charge in [0.1, 0.15) is 0 Å². The first-order valence-corrected chi connectivity index (χ1v) is 5.11. The van der Waals surface area contributed by atoms with Crippen LogP contribution in [0.15, 0.2) is 18.2 Å². The molecule has 0 N–H and O–H groups in total. The Morgan fingerprint density at radius 3 is 2.50 bits per heavy atom. The number of hydrogen-bond donors (Lipinski definition) is 1. The van der Waals surface area contributed by atoms with Crippen LogP contribution in [0.2, 0.25) is 0 Å². The molecular weight excluding hydrogens is 198 g/mol. The van der Waals surface area contributed by atoms with Crippen LogP contribution in [0.25, 0.3) is 0 Å². The highest BCUT2D eigenvalue weighted by molar-refractivity contribution is 8.09. The number of rotatable bonds is 2. The second kappa shape index (κ2) is 4.14. The first kappa shape index (κ1) is 9.86. The van der Waals surface area contributed by atoms with Crippen molar-refractivity contribution in [2.75, 3.05) is 6.26 Å². The van der Waals surface area contributed by atoms with Gasteiger partial charge in [0.15, 0.2) is 11.6 Å². The Hall–Kier alpha value is -0.220. The van der Waals surface area contributed by atoms with Gasteiger partial charge in [-0.15, -0.1) is 11.8 Å². The van der Waals surface area contributed by atoms with E-state index in [0.717, 1.165) is 6.07 Å². The summed E-state index contributed by atoms with van der Waals surface area (Å²) in [6.45, 7) is 0. The fourth-order valence-electron chi connectivity index (χ4n) is 0.802. The molecule has 0 radical (unpaired) electrons. The molecule has 0 nitrogen and oxygen atoms in total. The molecule has 0 heterocycles.